The number of carboxylic acids is 1. The van der Waals surface area contributed by atoms with E-state index in [4.69, 9.17) is 9.84 Å². The Morgan fingerprint density at radius 1 is 1.85 bits per heavy atom. The predicted molar refractivity (Wildman–Crippen MR) is 45.2 cm³/mol. The van der Waals surface area contributed by atoms with E-state index in [2.05, 4.69) is 5.10 Å². The summed E-state index contributed by atoms with van der Waals surface area (Å²) in [5.74, 6) is -0.881. The molecule has 1 atom stereocenters. The molecule has 0 aliphatic carbocycles. The Bertz CT molecular complexity index is 295. The third kappa shape index (κ3) is 2.29. The number of aliphatic carboxylic acids is 1. The summed E-state index contributed by atoms with van der Waals surface area (Å²) >= 11 is 0. The van der Waals surface area contributed by atoms with E-state index in [1.807, 2.05) is 0 Å². The van der Waals surface area contributed by atoms with Gasteiger partial charge in [-0.3, -0.25) is 9.48 Å². The van der Waals surface area contributed by atoms with E-state index in [0.717, 1.165) is 5.69 Å². The van der Waals surface area contributed by atoms with Crippen molar-refractivity contribution in [2.24, 2.45) is 7.05 Å². The fourth-order valence-electron chi connectivity index (χ4n) is 1.17. The van der Waals surface area contributed by atoms with Crippen molar-refractivity contribution in [2.75, 3.05) is 7.11 Å². The van der Waals surface area contributed by atoms with E-state index in [-0.39, 0.29) is 6.42 Å². The van der Waals surface area contributed by atoms with Crippen LogP contribution in [0.2, 0.25) is 0 Å². The van der Waals surface area contributed by atoms with Gasteiger partial charge in [0.2, 0.25) is 0 Å². The number of hydrogen-bond acceptors (Lipinski definition) is 3. The lowest BCUT2D eigenvalue weighted by Gasteiger charge is -2.12. The number of ether oxygens (including phenoxy) is 1. The van der Waals surface area contributed by atoms with Crippen molar-refractivity contribution >= 4 is 5.97 Å². The molecular formula is C8H12N2O3. The highest BCUT2D eigenvalue weighted by molar-refractivity contribution is 5.67. The molecule has 1 N–H and O–H groups in total. The predicted octanol–water partition coefficient (Wildman–Crippen LogP) is 0.582. The molecule has 13 heavy (non-hydrogen) atoms. The molecule has 5 heteroatoms. The highest BCUT2D eigenvalue weighted by Crippen LogP contribution is 2.18. The van der Waals surface area contributed by atoms with Gasteiger partial charge in [-0.2, -0.15) is 5.10 Å². The zero-order chi connectivity index (χ0) is 9.84. The molecule has 1 aromatic heterocycles. The Morgan fingerprint density at radius 2 is 2.54 bits per heavy atom. The van der Waals surface area contributed by atoms with Gasteiger partial charge >= 0.3 is 5.97 Å². The minimum Gasteiger partial charge on any atom is -0.481 e. The molecule has 0 aliphatic rings. The molecule has 0 aliphatic heterocycles. The number of methoxy groups -OCH3 is 1. The Balaban J connectivity index is 2.78. The molecule has 72 valence electrons. The van der Waals surface area contributed by atoms with E-state index in [1.165, 1.54) is 7.11 Å². The van der Waals surface area contributed by atoms with Crippen LogP contribution in [0.15, 0.2) is 12.3 Å². The second-order valence-corrected chi connectivity index (χ2v) is 2.70. The van der Waals surface area contributed by atoms with Crippen LogP contribution in [-0.4, -0.2) is 28.0 Å². The van der Waals surface area contributed by atoms with Crippen LogP contribution in [-0.2, 0) is 16.6 Å². The second kappa shape index (κ2) is 4.04. The van der Waals surface area contributed by atoms with Gasteiger partial charge in [-0.05, 0) is 6.07 Å². The first-order chi connectivity index (χ1) is 6.15. The quantitative estimate of drug-likeness (QED) is 0.743. The summed E-state index contributed by atoms with van der Waals surface area (Å²) in [4.78, 5) is 10.5. The summed E-state index contributed by atoms with van der Waals surface area (Å²) in [6.07, 6.45) is 1.14. The standard InChI is InChI=1S/C8H12N2O3/c1-10-6(3-4-9-10)7(13-2)5-8(11)12/h3-4,7H,5H2,1-2H3,(H,11,12). The van der Waals surface area contributed by atoms with Crippen molar-refractivity contribution in [3.8, 4) is 0 Å². The molecule has 1 unspecified atom stereocenters. The smallest absolute Gasteiger partial charge is 0.306 e. The maximum absolute atomic E-state index is 10.5. The summed E-state index contributed by atoms with van der Waals surface area (Å²) in [5, 5.41) is 12.5. The van der Waals surface area contributed by atoms with Crippen molar-refractivity contribution < 1.29 is 14.6 Å². The molecule has 0 radical (unpaired) electrons. The van der Waals surface area contributed by atoms with Crippen LogP contribution in [0, 0.1) is 0 Å². The summed E-state index contributed by atoms with van der Waals surface area (Å²) in [5.41, 5.74) is 0.768. The van der Waals surface area contributed by atoms with Crippen LogP contribution in [0.25, 0.3) is 0 Å². The first kappa shape index (κ1) is 9.73. The molecule has 1 aromatic rings. The third-order valence-electron chi connectivity index (χ3n) is 1.83. The van der Waals surface area contributed by atoms with E-state index in [0.29, 0.717) is 0 Å². The van der Waals surface area contributed by atoms with E-state index < -0.39 is 12.1 Å². The molecule has 1 rings (SSSR count). The second-order valence-electron chi connectivity index (χ2n) is 2.70. The summed E-state index contributed by atoms with van der Waals surface area (Å²) < 4.78 is 6.65. The Hall–Kier alpha value is -1.36. The SMILES string of the molecule is COC(CC(=O)O)c1ccnn1C. The van der Waals surface area contributed by atoms with Crippen molar-refractivity contribution in [3.63, 3.8) is 0 Å². The monoisotopic (exact) mass is 184 g/mol. The maximum Gasteiger partial charge on any atom is 0.306 e. The van der Waals surface area contributed by atoms with E-state index in [9.17, 15) is 4.79 Å². The fraction of sp³-hybridized carbons (Fsp3) is 0.500. The fourth-order valence-corrected chi connectivity index (χ4v) is 1.17. The maximum atomic E-state index is 10.5. The summed E-state index contributed by atoms with van der Waals surface area (Å²) in [6.45, 7) is 0. The average molecular weight is 184 g/mol. The van der Waals surface area contributed by atoms with Gasteiger partial charge in [-0.15, -0.1) is 0 Å². The first-order valence-electron chi connectivity index (χ1n) is 3.87. The van der Waals surface area contributed by atoms with Gasteiger partial charge in [0, 0.05) is 20.4 Å². The van der Waals surface area contributed by atoms with Gasteiger partial charge in [-0.1, -0.05) is 0 Å². The van der Waals surface area contributed by atoms with Crippen LogP contribution in [0.5, 0.6) is 0 Å². The van der Waals surface area contributed by atoms with Gasteiger partial charge in [0.25, 0.3) is 0 Å². The van der Waals surface area contributed by atoms with Crippen molar-refractivity contribution in [1.29, 1.82) is 0 Å². The molecule has 0 fully saturated rings. The average Bonchev–Trinajstić information content (AvgIpc) is 2.47. The highest BCUT2D eigenvalue weighted by atomic mass is 16.5. The number of carboxylic acid groups (broad SMARTS) is 1. The molecule has 0 saturated heterocycles. The molecule has 5 nitrogen and oxygen atoms in total. The number of nitrogens with zero attached hydrogens (tertiary/aromatic N) is 2. The lowest BCUT2D eigenvalue weighted by Crippen LogP contribution is -2.12. The van der Waals surface area contributed by atoms with Gasteiger partial charge in [0.05, 0.1) is 12.1 Å². The topological polar surface area (TPSA) is 64.3 Å². The molecule has 0 spiro atoms. The Labute approximate surface area is 75.9 Å². The normalized spacial score (nSPS) is 12.8. The van der Waals surface area contributed by atoms with Crippen molar-refractivity contribution in [3.05, 3.63) is 18.0 Å². The molecule has 0 amide bonds. The Kier molecular flexibility index (Phi) is 3.02. The minimum atomic E-state index is -0.881. The van der Waals surface area contributed by atoms with Crippen LogP contribution in [0.4, 0.5) is 0 Å². The number of rotatable bonds is 4. The van der Waals surface area contributed by atoms with Gasteiger partial charge < -0.3 is 9.84 Å². The molecule has 0 saturated carbocycles. The molecular weight excluding hydrogens is 172 g/mol. The number of carbonyl (C=O) groups is 1. The molecule has 0 bridgehead atoms. The zero-order valence-corrected chi connectivity index (χ0v) is 7.60. The van der Waals surface area contributed by atoms with Gasteiger partial charge in [0.15, 0.2) is 0 Å². The number of aryl methyl sites for hydroxylation is 1. The van der Waals surface area contributed by atoms with Crippen LogP contribution >= 0.6 is 0 Å². The Morgan fingerprint density at radius 3 is 2.92 bits per heavy atom. The summed E-state index contributed by atoms with van der Waals surface area (Å²) in [7, 11) is 3.24. The van der Waals surface area contributed by atoms with E-state index in [1.54, 1.807) is 24.0 Å². The lowest BCUT2D eigenvalue weighted by molar-refractivity contribution is -0.139. The minimum absolute atomic E-state index is 0.0456. The van der Waals surface area contributed by atoms with Crippen LogP contribution in [0.3, 0.4) is 0 Å². The first-order valence-corrected chi connectivity index (χ1v) is 3.87. The van der Waals surface area contributed by atoms with Crippen LogP contribution in [0.1, 0.15) is 18.2 Å². The highest BCUT2D eigenvalue weighted by Gasteiger charge is 2.17. The number of hydrogen-bond donors (Lipinski definition) is 1. The van der Waals surface area contributed by atoms with Gasteiger partial charge in [0.1, 0.15) is 6.10 Å². The largest absolute Gasteiger partial charge is 0.481 e. The van der Waals surface area contributed by atoms with Gasteiger partial charge in [-0.25, -0.2) is 0 Å². The molecule has 0 aromatic carbocycles. The van der Waals surface area contributed by atoms with Crippen LogP contribution < -0.4 is 0 Å². The lowest BCUT2D eigenvalue weighted by atomic mass is 10.2. The summed E-state index contributed by atoms with van der Waals surface area (Å²) in [6, 6.07) is 1.75. The van der Waals surface area contributed by atoms with Crippen molar-refractivity contribution in [2.45, 2.75) is 12.5 Å². The zero-order valence-electron chi connectivity index (χ0n) is 7.60. The third-order valence-corrected chi connectivity index (χ3v) is 1.83. The van der Waals surface area contributed by atoms with Crippen molar-refractivity contribution in [1.82, 2.24) is 9.78 Å². The van der Waals surface area contributed by atoms with E-state index >= 15 is 0 Å². The molecule has 1 heterocycles. The number of aromatic nitrogens is 2.